The minimum Gasteiger partial charge on any atom is -0.466 e. The van der Waals surface area contributed by atoms with Crippen LogP contribution in [-0.4, -0.2) is 87.2 Å². The monoisotopic (exact) mass is 600 g/mol. The van der Waals surface area contributed by atoms with Crippen LogP contribution in [0, 0.1) is 5.92 Å². The van der Waals surface area contributed by atoms with Crippen molar-refractivity contribution in [2.24, 2.45) is 16.9 Å². The first-order chi connectivity index (χ1) is 20.2. The molecule has 2 fully saturated rings. The van der Waals surface area contributed by atoms with E-state index in [0.29, 0.717) is 6.54 Å². The molecule has 1 saturated heterocycles. The number of benzene rings is 2. The molecule has 42 heavy (non-hydrogen) atoms. The molecule has 0 radical (unpaired) electrons. The van der Waals surface area contributed by atoms with Crippen LogP contribution >= 0.6 is 0 Å². The standard InChI is InChI=1S/C29H40N6O6S/c1-2-41-28(37)13-16-35(24-8-9-24)29(38)26(18-27(36)31-19-21-11-14-34(15-12-21)20-32-30)33-42(39,40)25-10-7-22-5-3-4-6-23(22)17-25/h3-7,10,17,20-21,24,26,33H,2,8-9,11-16,18-19,30H2,1H3,(H,31,36)/t26-/m0/s1. The summed E-state index contributed by atoms with van der Waals surface area (Å²) in [5.41, 5.74) is 0. The van der Waals surface area contributed by atoms with Crippen LogP contribution in [0.1, 0.15) is 45.4 Å². The molecule has 0 bridgehead atoms. The highest BCUT2D eigenvalue weighted by atomic mass is 32.2. The summed E-state index contributed by atoms with van der Waals surface area (Å²) in [4.78, 5) is 42.4. The predicted octanol–water partition coefficient (Wildman–Crippen LogP) is 1.55. The molecule has 1 atom stereocenters. The third kappa shape index (κ3) is 8.65. The molecule has 4 N–H and O–H groups in total. The Hall–Kier alpha value is -3.71. The van der Waals surface area contributed by atoms with E-state index in [4.69, 9.17) is 10.6 Å². The zero-order chi connectivity index (χ0) is 30.1. The molecular formula is C29H40N6O6S. The number of sulfonamides is 1. The van der Waals surface area contributed by atoms with Crippen LogP contribution in [-0.2, 0) is 29.1 Å². The molecule has 1 aliphatic carbocycles. The smallest absolute Gasteiger partial charge is 0.307 e. The van der Waals surface area contributed by atoms with Gasteiger partial charge < -0.3 is 25.7 Å². The number of esters is 1. The number of fused-ring (bicyclic) bond motifs is 1. The van der Waals surface area contributed by atoms with Crippen LogP contribution in [0.3, 0.4) is 0 Å². The van der Waals surface area contributed by atoms with E-state index in [1.165, 1.54) is 11.0 Å². The maximum absolute atomic E-state index is 13.8. The summed E-state index contributed by atoms with van der Waals surface area (Å²) in [7, 11) is -4.16. The molecule has 1 heterocycles. The Labute approximate surface area is 246 Å². The third-order valence-corrected chi connectivity index (χ3v) is 9.09. The third-order valence-electron chi connectivity index (χ3n) is 7.62. The molecule has 0 aromatic heterocycles. The van der Waals surface area contributed by atoms with Gasteiger partial charge >= 0.3 is 5.97 Å². The zero-order valence-electron chi connectivity index (χ0n) is 23.9. The fraction of sp³-hybridized carbons (Fsp3) is 0.517. The Morgan fingerprint density at radius 3 is 2.50 bits per heavy atom. The van der Waals surface area contributed by atoms with Gasteiger partial charge in [0.2, 0.25) is 21.8 Å². The molecule has 1 aliphatic heterocycles. The van der Waals surface area contributed by atoms with E-state index in [1.54, 1.807) is 25.4 Å². The summed E-state index contributed by atoms with van der Waals surface area (Å²) in [6.45, 7) is 3.97. The van der Waals surface area contributed by atoms with Gasteiger partial charge in [-0.1, -0.05) is 30.3 Å². The second kappa shape index (κ2) is 14.5. The van der Waals surface area contributed by atoms with Crippen molar-refractivity contribution < 1.29 is 27.5 Å². The van der Waals surface area contributed by atoms with E-state index in [1.807, 2.05) is 29.2 Å². The number of rotatable bonds is 14. The SMILES string of the molecule is CCOC(=O)CCN(C(=O)[C@H](CC(=O)NCC1CCN(C=NN)CC1)NS(=O)(=O)c1ccc2ccccc2c1)C1CC1. The highest BCUT2D eigenvalue weighted by Crippen LogP contribution is 2.28. The van der Waals surface area contributed by atoms with Crippen LogP contribution in [0.15, 0.2) is 52.5 Å². The number of hydrazone groups is 1. The molecule has 12 nitrogen and oxygen atoms in total. The van der Waals surface area contributed by atoms with Gasteiger partial charge in [0.25, 0.3) is 0 Å². The number of nitrogens with one attached hydrogen (secondary N) is 2. The molecule has 2 aliphatic rings. The van der Waals surface area contributed by atoms with Crippen LogP contribution in [0.5, 0.6) is 0 Å². The molecule has 0 unspecified atom stereocenters. The van der Waals surface area contributed by atoms with Crippen molar-refractivity contribution in [3.63, 3.8) is 0 Å². The number of hydrogen-bond donors (Lipinski definition) is 3. The van der Waals surface area contributed by atoms with E-state index in [2.05, 4.69) is 15.1 Å². The Kier molecular flexibility index (Phi) is 10.7. The van der Waals surface area contributed by atoms with Gasteiger partial charge in [-0.2, -0.15) is 9.82 Å². The minimum atomic E-state index is -4.16. The normalized spacial score (nSPS) is 16.8. The largest absolute Gasteiger partial charge is 0.466 e. The first-order valence-electron chi connectivity index (χ1n) is 14.4. The Morgan fingerprint density at radius 1 is 1.12 bits per heavy atom. The van der Waals surface area contributed by atoms with Gasteiger partial charge in [-0.3, -0.25) is 14.4 Å². The van der Waals surface area contributed by atoms with Gasteiger partial charge in [0.15, 0.2) is 0 Å². The lowest BCUT2D eigenvalue weighted by atomic mass is 9.97. The Morgan fingerprint density at radius 2 is 1.83 bits per heavy atom. The van der Waals surface area contributed by atoms with E-state index in [9.17, 15) is 22.8 Å². The van der Waals surface area contributed by atoms with Crippen molar-refractivity contribution in [2.75, 3.05) is 32.8 Å². The number of likely N-dealkylation sites (tertiary alicyclic amines) is 1. The summed E-state index contributed by atoms with van der Waals surface area (Å²) < 4.78 is 34.5. The summed E-state index contributed by atoms with van der Waals surface area (Å²) in [6, 6.07) is 10.6. The van der Waals surface area contributed by atoms with Crippen molar-refractivity contribution >= 4 is 44.9 Å². The summed E-state index contributed by atoms with van der Waals surface area (Å²) >= 11 is 0. The van der Waals surface area contributed by atoms with Gasteiger partial charge in [-0.05, 0) is 61.4 Å². The molecule has 4 rings (SSSR count). The number of amides is 2. The van der Waals surface area contributed by atoms with Crippen LogP contribution in [0.2, 0.25) is 0 Å². The quantitative estimate of drug-likeness (QED) is 0.0967. The minimum absolute atomic E-state index is 0.00307. The second-order valence-corrected chi connectivity index (χ2v) is 12.5. The summed E-state index contributed by atoms with van der Waals surface area (Å²) in [6.07, 6.45) is 4.39. The second-order valence-electron chi connectivity index (χ2n) is 10.8. The van der Waals surface area contributed by atoms with Crippen molar-refractivity contribution in [3.8, 4) is 0 Å². The lowest BCUT2D eigenvalue weighted by molar-refractivity contribution is -0.144. The number of nitrogens with two attached hydrogens (primary N) is 1. The maximum Gasteiger partial charge on any atom is 0.307 e. The fourth-order valence-electron chi connectivity index (χ4n) is 5.16. The van der Waals surface area contributed by atoms with Crippen LogP contribution in [0.25, 0.3) is 10.8 Å². The molecule has 228 valence electrons. The average Bonchev–Trinajstić information content (AvgIpc) is 3.82. The number of hydrogen-bond acceptors (Lipinski definition) is 8. The Balaban J connectivity index is 1.48. The van der Waals surface area contributed by atoms with Crippen molar-refractivity contribution in [2.45, 2.75) is 62.4 Å². The molecule has 0 spiro atoms. The van der Waals surface area contributed by atoms with Gasteiger partial charge in [0, 0.05) is 32.2 Å². The number of carbonyl (C=O) groups excluding carboxylic acids is 3. The van der Waals surface area contributed by atoms with E-state index in [0.717, 1.165) is 49.5 Å². The lowest BCUT2D eigenvalue weighted by Crippen LogP contribution is -2.51. The molecule has 2 aromatic rings. The summed E-state index contributed by atoms with van der Waals surface area (Å²) in [5.74, 6) is 4.07. The van der Waals surface area contributed by atoms with Gasteiger partial charge in [-0.25, -0.2) is 8.42 Å². The Bertz CT molecular complexity index is 1390. The van der Waals surface area contributed by atoms with Crippen LogP contribution in [0.4, 0.5) is 0 Å². The zero-order valence-corrected chi connectivity index (χ0v) is 24.7. The summed E-state index contributed by atoms with van der Waals surface area (Å²) in [5, 5.41) is 8.05. The fourth-order valence-corrected chi connectivity index (χ4v) is 6.38. The lowest BCUT2D eigenvalue weighted by Gasteiger charge is -2.30. The number of ether oxygens (including phenoxy) is 1. The van der Waals surface area contributed by atoms with Crippen molar-refractivity contribution in [1.82, 2.24) is 19.8 Å². The first-order valence-corrected chi connectivity index (χ1v) is 15.9. The van der Waals surface area contributed by atoms with Gasteiger partial charge in [0.1, 0.15) is 12.4 Å². The van der Waals surface area contributed by atoms with E-state index < -0.39 is 33.8 Å². The van der Waals surface area contributed by atoms with Crippen molar-refractivity contribution in [1.29, 1.82) is 0 Å². The number of piperidine rings is 1. The van der Waals surface area contributed by atoms with Crippen molar-refractivity contribution in [3.05, 3.63) is 42.5 Å². The highest BCUT2D eigenvalue weighted by Gasteiger charge is 2.38. The first kappa shape index (κ1) is 31.2. The number of nitrogens with zero attached hydrogens (tertiary/aromatic N) is 3. The van der Waals surface area contributed by atoms with E-state index in [-0.39, 0.29) is 42.8 Å². The molecule has 1 saturated carbocycles. The molecule has 2 amide bonds. The highest BCUT2D eigenvalue weighted by molar-refractivity contribution is 7.89. The predicted molar refractivity (Wildman–Crippen MR) is 159 cm³/mol. The van der Waals surface area contributed by atoms with Crippen LogP contribution < -0.4 is 15.9 Å². The average molecular weight is 601 g/mol. The maximum atomic E-state index is 13.8. The molecule has 13 heteroatoms. The van der Waals surface area contributed by atoms with E-state index >= 15 is 0 Å². The number of carbonyl (C=O) groups is 3. The molecule has 2 aromatic carbocycles. The van der Waals surface area contributed by atoms with Gasteiger partial charge in [0.05, 0.1) is 24.3 Å². The van der Waals surface area contributed by atoms with Gasteiger partial charge in [-0.15, -0.1) is 0 Å². The molecular weight excluding hydrogens is 560 g/mol. The topological polar surface area (TPSA) is 163 Å².